The third kappa shape index (κ3) is 3.66. The smallest absolute Gasteiger partial charge is 0.316 e. The molecule has 3 aliphatic carbocycles. The van der Waals surface area contributed by atoms with Gasteiger partial charge in [0, 0.05) is 39.4 Å². The molecule has 2 aliphatic heterocycles. The number of halogens is 1. The van der Waals surface area contributed by atoms with E-state index in [1.165, 1.54) is 13.2 Å². The quantitative estimate of drug-likeness (QED) is 0.187. The number of amides is 1. The molecule has 2 aromatic rings. The van der Waals surface area contributed by atoms with Crippen molar-refractivity contribution in [2.45, 2.75) is 64.8 Å². The Kier molecular flexibility index (Phi) is 6.61. The van der Waals surface area contributed by atoms with Crippen LogP contribution in [0.1, 0.15) is 62.4 Å². The van der Waals surface area contributed by atoms with Gasteiger partial charge in [0.25, 0.3) is 5.91 Å². The largest absolute Gasteiger partial charge is 0.469 e. The number of rotatable bonds is 5. The van der Waals surface area contributed by atoms with Crippen LogP contribution in [0.4, 0.5) is 0 Å². The first-order valence-electron chi connectivity index (χ1n) is 14.9. The molecular weight excluding hydrogens is 677 g/mol. The molecule has 0 bridgehead atoms. The number of fused-ring (bicyclic) bond motifs is 4. The molecule has 9 nitrogen and oxygen atoms in total. The average Bonchev–Trinajstić information content (AvgIpc) is 3.75. The molecule has 0 radical (unpaired) electrons. The Hall–Kier alpha value is -3.25. The molecule has 0 spiro atoms. The maximum atomic E-state index is 13.9. The molecule has 9 atom stereocenters. The molecule has 1 N–H and O–H groups in total. The first-order chi connectivity index (χ1) is 20.9. The molecule has 1 amide bonds. The summed E-state index contributed by atoms with van der Waals surface area (Å²) in [5, 5.41) is 0. The molecule has 1 aromatic carbocycles. The maximum Gasteiger partial charge on any atom is 0.316 e. The zero-order valence-corrected chi connectivity index (χ0v) is 27.3. The highest BCUT2D eigenvalue weighted by Gasteiger charge is 2.77. The summed E-state index contributed by atoms with van der Waals surface area (Å²) in [6.45, 7) is 7.91. The lowest BCUT2D eigenvalue weighted by molar-refractivity contribution is -0.190. The summed E-state index contributed by atoms with van der Waals surface area (Å²) in [4.78, 5) is 52.4. The molecule has 3 heterocycles. The molecular formula is C34H34INO8. The van der Waals surface area contributed by atoms with E-state index in [9.17, 15) is 19.2 Å². The number of methoxy groups -OCH3 is 1. The number of benzene rings is 1. The van der Waals surface area contributed by atoms with Crippen LogP contribution in [0.25, 0.3) is 11.3 Å². The highest BCUT2D eigenvalue weighted by Crippen LogP contribution is 2.72. The maximum absolute atomic E-state index is 13.9. The Labute approximate surface area is 269 Å². The highest BCUT2D eigenvalue weighted by molar-refractivity contribution is 14.1. The van der Waals surface area contributed by atoms with Gasteiger partial charge in [-0.25, -0.2) is 0 Å². The van der Waals surface area contributed by atoms with E-state index < -0.39 is 46.3 Å². The van der Waals surface area contributed by atoms with Gasteiger partial charge < -0.3 is 18.6 Å². The third-order valence-electron chi connectivity index (χ3n) is 11.5. The van der Waals surface area contributed by atoms with Crippen molar-refractivity contribution < 1.29 is 37.8 Å². The lowest BCUT2D eigenvalue weighted by Crippen LogP contribution is -2.66. The van der Waals surface area contributed by atoms with Crippen molar-refractivity contribution in [2.75, 3.05) is 7.11 Å². The van der Waals surface area contributed by atoms with Crippen molar-refractivity contribution >= 4 is 46.5 Å². The minimum atomic E-state index is -1.06. The summed E-state index contributed by atoms with van der Waals surface area (Å²) >= 11 is 1.82. The Morgan fingerprint density at radius 2 is 1.82 bits per heavy atom. The van der Waals surface area contributed by atoms with Gasteiger partial charge in [-0.1, -0.05) is 37.6 Å². The van der Waals surface area contributed by atoms with Crippen LogP contribution in [0, 0.1) is 28.1 Å². The standard InChI is InChI=1S/C34H34INO8/c1-16-20(19-11-13-42-26(19)17-6-8-18(9-7-17)30(39)36-35)14-21-25(16)34(4)22(15-24(38)41-5)33(3)23(37)10-12-32(2)28(33)27(29(34)43-21)44-31(32)40/h6-13,20-22,27-29H,14-15H2,1-5H3,(H,36,39)/t20-,21-,22-,27-,28+,29-,32-,33+,34-/m1/s1. The Morgan fingerprint density at radius 1 is 1.09 bits per heavy atom. The van der Waals surface area contributed by atoms with Crippen LogP contribution >= 0.6 is 22.9 Å². The Bertz CT molecular complexity index is 1670. The van der Waals surface area contributed by atoms with Gasteiger partial charge in [0.2, 0.25) is 0 Å². The van der Waals surface area contributed by atoms with Crippen LogP contribution in [-0.2, 0) is 28.6 Å². The normalized spacial score (nSPS) is 38.2. The number of esters is 2. The van der Waals surface area contributed by atoms with Crippen molar-refractivity contribution in [1.29, 1.82) is 0 Å². The van der Waals surface area contributed by atoms with Gasteiger partial charge in [-0.15, -0.1) is 0 Å². The predicted molar refractivity (Wildman–Crippen MR) is 166 cm³/mol. The molecule has 5 aliphatic rings. The third-order valence-corrected chi connectivity index (χ3v) is 12.0. The van der Waals surface area contributed by atoms with Crippen molar-refractivity contribution in [3.05, 3.63) is 71.0 Å². The summed E-state index contributed by atoms with van der Waals surface area (Å²) in [5.41, 5.74) is 1.74. The number of furan rings is 1. The first kappa shape index (κ1) is 29.5. The van der Waals surface area contributed by atoms with E-state index in [2.05, 4.69) is 17.4 Å². The second-order valence-electron chi connectivity index (χ2n) is 13.4. The second kappa shape index (κ2) is 9.87. The molecule has 1 saturated carbocycles. The number of carbonyl (C=O) groups is 4. The lowest BCUT2D eigenvalue weighted by Gasteiger charge is -2.59. The summed E-state index contributed by atoms with van der Waals surface area (Å²) in [5.74, 6) is -1.34. The number of hydrogen-bond donors (Lipinski definition) is 1. The number of nitrogens with one attached hydrogen (secondary N) is 1. The summed E-state index contributed by atoms with van der Waals surface area (Å²) < 4.78 is 26.8. The fourth-order valence-electron chi connectivity index (χ4n) is 9.56. The van der Waals surface area contributed by atoms with E-state index >= 15 is 0 Å². The number of ether oxygens (including phenoxy) is 3. The Balaban J connectivity index is 1.34. The monoisotopic (exact) mass is 711 g/mol. The van der Waals surface area contributed by atoms with Crippen molar-refractivity contribution in [3.63, 3.8) is 0 Å². The molecule has 0 unspecified atom stereocenters. The summed E-state index contributed by atoms with van der Waals surface area (Å²) in [6, 6.07) is 9.25. The van der Waals surface area contributed by atoms with Crippen molar-refractivity contribution in [3.8, 4) is 11.3 Å². The van der Waals surface area contributed by atoms with E-state index in [0.717, 1.165) is 22.3 Å². The zero-order chi connectivity index (χ0) is 31.3. The van der Waals surface area contributed by atoms with Crippen LogP contribution in [0.5, 0.6) is 0 Å². The van der Waals surface area contributed by atoms with E-state index in [1.807, 2.05) is 54.9 Å². The van der Waals surface area contributed by atoms with Crippen LogP contribution < -0.4 is 3.53 Å². The fraction of sp³-hybridized carbons (Fsp3) is 0.471. The summed E-state index contributed by atoms with van der Waals surface area (Å²) in [7, 11) is 1.36. The van der Waals surface area contributed by atoms with Gasteiger partial charge in [-0.05, 0) is 56.0 Å². The van der Waals surface area contributed by atoms with E-state index in [-0.39, 0.29) is 36.1 Å². The average molecular weight is 712 g/mol. The number of allylic oxidation sites excluding steroid dienone is 2. The van der Waals surface area contributed by atoms with Crippen LogP contribution in [-0.4, -0.2) is 49.1 Å². The molecule has 7 rings (SSSR count). The van der Waals surface area contributed by atoms with Gasteiger partial charge in [0.1, 0.15) is 18.0 Å². The number of hydrogen-bond acceptors (Lipinski definition) is 8. The minimum absolute atomic E-state index is 0.0126. The van der Waals surface area contributed by atoms with E-state index in [4.69, 9.17) is 18.6 Å². The van der Waals surface area contributed by atoms with E-state index in [0.29, 0.717) is 17.7 Å². The minimum Gasteiger partial charge on any atom is -0.469 e. The van der Waals surface area contributed by atoms with Crippen LogP contribution in [0.2, 0.25) is 0 Å². The highest BCUT2D eigenvalue weighted by atomic mass is 127. The predicted octanol–water partition coefficient (Wildman–Crippen LogP) is 5.49. The van der Waals surface area contributed by atoms with Crippen LogP contribution in [0.15, 0.2) is 64.3 Å². The van der Waals surface area contributed by atoms with Gasteiger partial charge in [-0.3, -0.25) is 22.7 Å². The zero-order valence-electron chi connectivity index (χ0n) is 25.1. The topological polar surface area (TPSA) is 121 Å². The van der Waals surface area contributed by atoms with E-state index in [1.54, 1.807) is 24.5 Å². The molecule has 10 heteroatoms. The van der Waals surface area contributed by atoms with Gasteiger partial charge >= 0.3 is 11.9 Å². The number of carbonyl (C=O) groups excluding carboxylic acids is 4. The van der Waals surface area contributed by atoms with Gasteiger partial charge in [0.15, 0.2) is 5.78 Å². The Morgan fingerprint density at radius 3 is 2.50 bits per heavy atom. The van der Waals surface area contributed by atoms with Crippen molar-refractivity contribution in [2.24, 2.45) is 28.1 Å². The number of ketones is 1. The second-order valence-corrected chi connectivity index (χ2v) is 13.9. The molecule has 2 saturated heterocycles. The molecule has 230 valence electrons. The van der Waals surface area contributed by atoms with Gasteiger partial charge in [-0.2, -0.15) is 0 Å². The lowest BCUT2D eigenvalue weighted by atomic mass is 9.42. The van der Waals surface area contributed by atoms with Gasteiger partial charge in [0.05, 0.1) is 54.2 Å². The van der Waals surface area contributed by atoms with Crippen molar-refractivity contribution in [1.82, 2.24) is 3.53 Å². The SMILES string of the molecule is COC(=O)C[C@H]1[C@]2(C)C3=C(C)[C@H](c4ccoc4-c4ccc(C(=O)NI)cc4)C[C@H]3O[C@@H]2[C@@H]2OC(=O)[C@]3(C)C=CC(=O)[C@@]1(C)[C@@H]23. The fourth-order valence-corrected chi connectivity index (χ4v) is 9.88. The molecule has 3 fully saturated rings. The molecule has 44 heavy (non-hydrogen) atoms. The summed E-state index contributed by atoms with van der Waals surface area (Å²) in [6.07, 6.45) is 4.08. The first-order valence-corrected chi connectivity index (χ1v) is 16.0. The molecule has 1 aromatic heterocycles. The van der Waals surface area contributed by atoms with Crippen LogP contribution in [0.3, 0.4) is 0 Å².